The van der Waals surface area contributed by atoms with Crippen molar-refractivity contribution in [3.8, 4) is 5.75 Å². The van der Waals surface area contributed by atoms with Crippen molar-refractivity contribution >= 4 is 15.7 Å². The van der Waals surface area contributed by atoms with Crippen molar-refractivity contribution in [1.82, 2.24) is 4.31 Å². The Hall–Kier alpha value is -3.05. The van der Waals surface area contributed by atoms with Gasteiger partial charge in [-0.05, 0) is 48.7 Å². The molecule has 160 valence electrons. The highest BCUT2D eigenvalue weighted by atomic mass is 32.2. The van der Waals surface area contributed by atoms with Crippen molar-refractivity contribution in [1.29, 1.82) is 0 Å². The lowest BCUT2D eigenvalue weighted by atomic mass is 9.84. The van der Waals surface area contributed by atoms with E-state index in [-0.39, 0.29) is 5.41 Å². The maximum absolute atomic E-state index is 13.6. The minimum absolute atomic E-state index is 0.314. The first-order valence-electron chi connectivity index (χ1n) is 10.3. The minimum Gasteiger partial charge on any atom is -0.497 e. The van der Waals surface area contributed by atoms with Crippen molar-refractivity contribution in [2.24, 2.45) is 5.41 Å². The number of sulfonamides is 1. The molecule has 0 saturated carbocycles. The molecule has 0 radical (unpaired) electrons. The summed E-state index contributed by atoms with van der Waals surface area (Å²) < 4.78 is 34.1. The van der Waals surface area contributed by atoms with Gasteiger partial charge in [0.1, 0.15) is 5.75 Å². The van der Waals surface area contributed by atoms with Gasteiger partial charge < -0.3 is 4.74 Å². The van der Waals surface area contributed by atoms with Crippen LogP contribution >= 0.6 is 0 Å². The van der Waals surface area contributed by atoms with Gasteiger partial charge in [-0.25, -0.2) is 8.42 Å². The monoisotopic (exact) mass is 433 g/mol. The molecule has 0 amide bonds. The Morgan fingerprint density at radius 1 is 0.935 bits per heavy atom. The summed E-state index contributed by atoms with van der Waals surface area (Å²) in [5.74, 6) is 0.810. The number of benzene rings is 3. The van der Waals surface area contributed by atoms with Gasteiger partial charge in [0, 0.05) is 12.0 Å². The third kappa shape index (κ3) is 4.37. The fraction of sp³-hybridized carbons (Fsp3) is 0.231. The number of methoxy groups -OCH3 is 1. The molecule has 4 nitrogen and oxygen atoms in total. The van der Waals surface area contributed by atoms with Crippen LogP contribution in [0.2, 0.25) is 0 Å². The maximum Gasteiger partial charge on any atom is 0.264 e. The molecule has 0 saturated heterocycles. The zero-order valence-electron chi connectivity index (χ0n) is 18.1. The molecule has 1 unspecified atom stereocenters. The van der Waals surface area contributed by atoms with Crippen LogP contribution in [0.5, 0.6) is 5.75 Å². The summed E-state index contributed by atoms with van der Waals surface area (Å²) in [4.78, 5) is 0.314. The summed E-state index contributed by atoms with van der Waals surface area (Å²) >= 11 is 0. The molecule has 4 rings (SSSR count). The van der Waals surface area contributed by atoms with E-state index in [2.05, 4.69) is 13.0 Å². The smallest absolute Gasteiger partial charge is 0.264 e. The summed E-state index contributed by atoms with van der Waals surface area (Å²) in [6.45, 7) is 4.46. The van der Waals surface area contributed by atoms with Gasteiger partial charge in [-0.1, -0.05) is 73.2 Å². The van der Waals surface area contributed by atoms with E-state index in [0.717, 1.165) is 34.6 Å². The number of hydrogen-bond donors (Lipinski definition) is 0. The molecule has 0 fully saturated rings. The van der Waals surface area contributed by atoms with Crippen molar-refractivity contribution < 1.29 is 13.2 Å². The van der Waals surface area contributed by atoms with Gasteiger partial charge in [-0.15, -0.1) is 0 Å². The van der Waals surface area contributed by atoms with Crippen LogP contribution in [0.1, 0.15) is 23.6 Å². The average molecular weight is 434 g/mol. The van der Waals surface area contributed by atoms with E-state index in [1.165, 1.54) is 0 Å². The molecule has 0 bridgehead atoms. The van der Waals surface area contributed by atoms with Crippen molar-refractivity contribution in [2.45, 2.75) is 25.2 Å². The Balaban J connectivity index is 1.73. The second-order valence-corrected chi connectivity index (χ2v) is 10.3. The SMILES string of the molecule is COc1ccc(CC2(C)C=C(c3ccccc3)N(S(=O)(=O)c3ccc(C)cc3)C2)cc1. The van der Waals surface area contributed by atoms with Crippen LogP contribution in [0.15, 0.2) is 89.8 Å². The molecule has 3 aromatic carbocycles. The lowest BCUT2D eigenvalue weighted by Gasteiger charge is -2.27. The van der Waals surface area contributed by atoms with Crippen molar-refractivity contribution in [2.75, 3.05) is 13.7 Å². The molecule has 1 heterocycles. The van der Waals surface area contributed by atoms with Gasteiger partial charge in [0.2, 0.25) is 0 Å². The second kappa shape index (κ2) is 8.23. The summed E-state index contributed by atoms with van der Waals surface area (Å²) in [6.07, 6.45) is 2.84. The quantitative estimate of drug-likeness (QED) is 0.530. The molecule has 1 aliphatic rings. The predicted octanol–water partition coefficient (Wildman–Crippen LogP) is 5.30. The van der Waals surface area contributed by atoms with Gasteiger partial charge in [0.25, 0.3) is 10.0 Å². The van der Waals surface area contributed by atoms with Gasteiger partial charge in [-0.2, -0.15) is 0 Å². The maximum atomic E-state index is 13.6. The minimum atomic E-state index is -3.68. The van der Waals surface area contributed by atoms with E-state index in [1.807, 2.05) is 73.7 Å². The lowest BCUT2D eigenvalue weighted by Crippen LogP contribution is -2.33. The second-order valence-electron chi connectivity index (χ2n) is 8.40. The zero-order valence-corrected chi connectivity index (χ0v) is 18.9. The Bertz CT molecular complexity index is 1180. The van der Waals surface area contributed by atoms with Crippen LogP contribution in [0.4, 0.5) is 0 Å². The summed E-state index contributed by atoms with van der Waals surface area (Å²) in [6, 6.07) is 24.7. The van der Waals surface area contributed by atoms with Crippen LogP contribution in [0.25, 0.3) is 5.70 Å². The molecule has 0 N–H and O–H groups in total. The Labute approximate surface area is 184 Å². The van der Waals surface area contributed by atoms with Crippen molar-refractivity contribution in [3.05, 3.63) is 102 Å². The highest BCUT2D eigenvalue weighted by Gasteiger charge is 2.40. The fourth-order valence-electron chi connectivity index (χ4n) is 4.07. The molecule has 0 spiro atoms. The molecular formula is C26H27NO3S. The summed E-state index contributed by atoms with van der Waals surface area (Å²) in [7, 11) is -2.03. The largest absolute Gasteiger partial charge is 0.497 e. The lowest BCUT2D eigenvalue weighted by molar-refractivity contribution is 0.377. The normalized spacial score (nSPS) is 18.7. The summed E-state index contributed by atoms with van der Waals surface area (Å²) in [5, 5.41) is 0. The summed E-state index contributed by atoms with van der Waals surface area (Å²) in [5.41, 5.74) is 3.47. The van der Waals surface area contributed by atoms with Crippen LogP contribution < -0.4 is 4.74 Å². The third-order valence-electron chi connectivity index (χ3n) is 5.70. The van der Waals surface area contributed by atoms with Gasteiger partial charge in [0.05, 0.1) is 17.7 Å². The molecule has 0 aromatic heterocycles. The first-order valence-corrected chi connectivity index (χ1v) is 11.8. The Kier molecular flexibility index (Phi) is 5.63. The molecular weight excluding hydrogens is 406 g/mol. The van der Waals surface area contributed by atoms with Crippen LogP contribution in [0.3, 0.4) is 0 Å². The van der Waals surface area contributed by atoms with Gasteiger partial charge in [-0.3, -0.25) is 4.31 Å². The topological polar surface area (TPSA) is 46.6 Å². The first kappa shape index (κ1) is 21.2. The van der Waals surface area contributed by atoms with Crippen LogP contribution in [0, 0.1) is 12.3 Å². The average Bonchev–Trinajstić information content (AvgIpc) is 3.13. The van der Waals surface area contributed by atoms with Crippen LogP contribution in [-0.2, 0) is 16.4 Å². The molecule has 31 heavy (non-hydrogen) atoms. The van der Waals surface area contributed by atoms with E-state index >= 15 is 0 Å². The molecule has 5 heteroatoms. The molecule has 0 aliphatic carbocycles. The Morgan fingerprint density at radius 2 is 1.58 bits per heavy atom. The van der Waals surface area contributed by atoms with Gasteiger partial charge in [0.15, 0.2) is 0 Å². The van der Waals surface area contributed by atoms with E-state index in [4.69, 9.17) is 4.74 Å². The number of nitrogens with zero attached hydrogens (tertiary/aromatic N) is 1. The van der Waals surface area contributed by atoms with Crippen LogP contribution in [-0.4, -0.2) is 26.4 Å². The third-order valence-corrected chi connectivity index (χ3v) is 7.48. The molecule has 1 aliphatic heterocycles. The highest BCUT2D eigenvalue weighted by Crippen LogP contribution is 2.42. The standard InChI is InChI=1S/C26H27NO3S/c1-20-9-15-24(16-10-20)31(28,29)27-19-26(2,17-21-11-13-23(30-3)14-12-21)18-25(27)22-7-5-4-6-8-22/h4-16,18H,17,19H2,1-3H3. The molecule has 1 atom stereocenters. The highest BCUT2D eigenvalue weighted by molar-refractivity contribution is 7.89. The van der Waals surface area contributed by atoms with Crippen molar-refractivity contribution in [3.63, 3.8) is 0 Å². The number of rotatable bonds is 6. The molecule has 3 aromatic rings. The Morgan fingerprint density at radius 3 is 2.19 bits per heavy atom. The van der Waals surface area contributed by atoms with E-state index in [9.17, 15) is 8.42 Å². The fourth-order valence-corrected chi connectivity index (χ4v) is 5.68. The van der Waals surface area contributed by atoms with E-state index in [1.54, 1.807) is 23.5 Å². The predicted molar refractivity (Wildman–Crippen MR) is 124 cm³/mol. The van der Waals surface area contributed by atoms with E-state index in [0.29, 0.717) is 11.4 Å². The number of hydrogen-bond acceptors (Lipinski definition) is 3. The van der Waals surface area contributed by atoms with E-state index < -0.39 is 10.0 Å². The first-order chi connectivity index (χ1) is 14.8. The van der Waals surface area contributed by atoms with Gasteiger partial charge >= 0.3 is 0 Å². The number of aryl methyl sites for hydroxylation is 1. The number of ether oxygens (including phenoxy) is 1. The zero-order chi connectivity index (χ0) is 22.1.